The van der Waals surface area contributed by atoms with Crippen molar-refractivity contribution < 1.29 is 14.4 Å². The fraction of sp³-hybridized carbons (Fsp3) is 0.379. The van der Waals surface area contributed by atoms with Gasteiger partial charge in [0.15, 0.2) is 0 Å². The number of hydrogen-bond acceptors (Lipinski definition) is 5. The molecule has 196 valence electrons. The number of likely N-dealkylation sites (tertiary alicyclic amines) is 1. The molecule has 5 N–H and O–H groups in total. The second-order valence-corrected chi connectivity index (χ2v) is 10.5. The maximum atomic E-state index is 14.2. The van der Waals surface area contributed by atoms with Gasteiger partial charge in [-0.1, -0.05) is 31.0 Å². The molecule has 0 unspecified atom stereocenters. The minimum Gasteiger partial charge on any atom is -0.375 e. The van der Waals surface area contributed by atoms with Gasteiger partial charge in [0.25, 0.3) is 5.91 Å². The molecule has 3 amide bonds. The zero-order valence-corrected chi connectivity index (χ0v) is 21.1. The van der Waals surface area contributed by atoms with E-state index in [1.165, 1.54) is 0 Å². The highest BCUT2D eigenvalue weighted by Gasteiger charge is 2.49. The lowest BCUT2D eigenvalue weighted by atomic mass is 9.80. The van der Waals surface area contributed by atoms with Gasteiger partial charge in [-0.05, 0) is 55.2 Å². The summed E-state index contributed by atoms with van der Waals surface area (Å²) in [6, 6.07) is 14.2. The summed E-state index contributed by atoms with van der Waals surface area (Å²) < 4.78 is 0. The number of aromatic nitrogens is 2. The monoisotopic (exact) mass is 512 g/mol. The van der Waals surface area contributed by atoms with Crippen LogP contribution in [0.5, 0.6) is 0 Å². The van der Waals surface area contributed by atoms with Crippen molar-refractivity contribution >= 4 is 23.4 Å². The van der Waals surface area contributed by atoms with E-state index in [9.17, 15) is 14.4 Å². The summed E-state index contributed by atoms with van der Waals surface area (Å²) in [4.78, 5) is 48.5. The molecule has 1 aromatic heterocycles. The van der Waals surface area contributed by atoms with Crippen LogP contribution in [-0.4, -0.2) is 45.2 Å². The number of nitrogens with two attached hydrogens (primary N) is 1. The Hall–Kier alpha value is -4.14. The number of carbonyl (C=O) groups is 3. The van der Waals surface area contributed by atoms with E-state index in [1.807, 2.05) is 18.3 Å². The van der Waals surface area contributed by atoms with E-state index < -0.39 is 5.91 Å². The second-order valence-electron chi connectivity index (χ2n) is 10.5. The Morgan fingerprint density at radius 3 is 2.50 bits per heavy atom. The number of aromatic amines is 1. The van der Waals surface area contributed by atoms with Gasteiger partial charge >= 0.3 is 0 Å². The average molecular weight is 513 g/mol. The van der Waals surface area contributed by atoms with Crippen LogP contribution >= 0.6 is 0 Å². The van der Waals surface area contributed by atoms with Gasteiger partial charge in [-0.3, -0.25) is 14.4 Å². The first-order valence-electron chi connectivity index (χ1n) is 13.4. The van der Waals surface area contributed by atoms with E-state index >= 15 is 0 Å². The lowest BCUT2D eigenvalue weighted by Gasteiger charge is -2.41. The number of carbonyl (C=O) groups excluding carboxylic acids is 3. The van der Waals surface area contributed by atoms with E-state index in [1.54, 1.807) is 30.5 Å². The summed E-state index contributed by atoms with van der Waals surface area (Å²) in [5.41, 5.74) is 8.29. The van der Waals surface area contributed by atoms with Crippen LogP contribution in [0.15, 0.2) is 60.9 Å². The Morgan fingerprint density at radius 1 is 0.974 bits per heavy atom. The topological polar surface area (TPSA) is 133 Å². The van der Waals surface area contributed by atoms with Crippen LogP contribution in [0.3, 0.4) is 0 Å². The van der Waals surface area contributed by atoms with Crippen molar-refractivity contribution in [2.45, 2.75) is 50.2 Å². The number of para-hydroxylation sites is 1. The molecule has 38 heavy (non-hydrogen) atoms. The first-order chi connectivity index (χ1) is 18.5. The zero-order chi connectivity index (χ0) is 26.2. The summed E-state index contributed by atoms with van der Waals surface area (Å²) in [6.07, 6.45) is 7.91. The number of hydrogen-bond donors (Lipinski definition) is 4. The minimum absolute atomic E-state index is 0.00655. The molecule has 9 heteroatoms. The van der Waals surface area contributed by atoms with Crippen LogP contribution in [0.25, 0.3) is 0 Å². The molecule has 1 aliphatic carbocycles. The van der Waals surface area contributed by atoms with Gasteiger partial charge in [0.1, 0.15) is 5.82 Å². The van der Waals surface area contributed by atoms with Gasteiger partial charge in [-0.2, -0.15) is 0 Å². The Balaban J connectivity index is 1.24. The van der Waals surface area contributed by atoms with Crippen molar-refractivity contribution in [3.63, 3.8) is 0 Å². The normalized spacial score (nSPS) is 26.1. The third kappa shape index (κ3) is 4.31. The van der Waals surface area contributed by atoms with Crippen molar-refractivity contribution in [3.8, 4) is 0 Å². The third-order valence-corrected chi connectivity index (χ3v) is 8.39. The first-order valence-corrected chi connectivity index (χ1v) is 13.4. The highest BCUT2D eigenvalue weighted by atomic mass is 16.2. The fourth-order valence-corrected chi connectivity index (χ4v) is 6.54. The van der Waals surface area contributed by atoms with Crippen LogP contribution in [0.1, 0.15) is 76.3 Å². The maximum absolute atomic E-state index is 14.2. The van der Waals surface area contributed by atoms with Crippen molar-refractivity contribution in [2.75, 3.05) is 11.9 Å². The van der Waals surface area contributed by atoms with Crippen LogP contribution in [0, 0.1) is 11.8 Å². The van der Waals surface area contributed by atoms with Crippen molar-refractivity contribution in [1.29, 1.82) is 0 Å². The SMILES string of the molecule is NC(=O)c1ccc(C(=O)N[C@@H]2CCCC[C@@H]2C(=O)N2CC[C@@H]3[C@H](c4ncc[nH]4)Nc4ccccc4[C@@H]32)cc1. The summed E-state index contributed by atoms with van der Waals surface area (Å²) >= 11 is 0. The molecule has 3 heterocycles. The lowest BCUT2D eigenvalue weighted by molar-refractivity contribution is -0.138. The standard InChI is InChI=1S/C29H32N6O3/c30-26(36)17-9-11-18(12-10-17)28(37)34-23-8-4-2-6-20(23)29(38)35-16-13-21-24(27-31-14-15-32-27)33-22-7-3-1-5-19(22)25(21)35/h1,3,5,7,9-12,14-15,20-21,23-25,33H,2,4,6,8,13,16H2,(H2,30,36)(H,31,32)(H,34,37)/t20-,21+,23+,24+,25-/m0/s1. The quantitative estimate of drug-likeness (QED) is 0.415. The highest BCUT2D eigenvalue weighted by Crippen LogP contribution is 2.51. The number of H-pyrrole nitrogens is 1. The summed E-state index contributed by atoms with van der Waals surface area (Å²) in [7, 11) is 0. The average Bonchev–Trinajstić information content (AvgIpc) is 3.64. The number of nitrogens with zero attached hydrogens (tertiary/aromatic N) is 2. The van der Waals surface area contributed by atoms with E-state index in [0.29, 0.717) is 17.7 Å². The van der Waals surface area contributed by atoms with Crippen molar-refractivity contribution in [3.05, 3.63) is 83.4 Å². The summed E-state index contributed by atoms with van der Waals surface area (Å²) in [5, 5.41) is 6.79. The molecular formula is C29H32N6O3. The van der Waals surface area contributed by atoms with Gasteiger partial charge < -0.3 is 26.3 Å². The van der Waals surface area contributed by atoms with Gasteiger partial charge in [0, 0.05) is 47.7 Å². The van der Waals surface area contributed by atoms with Crippen LogP contribution in [0.4, 0.5) is 5.69 Å². The van der Waals surface area contributed by atoms with Crippen LogP contribution in [0.2, 0.25) is 0 Å². The Kier molecular flexibility index (Phi) is 6.35. The predicted molar refractivity (Wildman–Crippen MR) is 142 cm³/mol. The van der Waals surface area contributed by atoms with Gasteiger partial charge in [0.05, 0.1) is 18.0 Å². The van der Waals surface area contributed by atoms with Crippen molar-refractivity contribution in [2.24, 2.45) is 17.6 Å². The van der Waals surface area contributed by atoms with E-state index in [2.05, 4.69) is 37.6 Å². The predicted octanol–water partition coefficient (Wildman–Crippen LogP) is 3.55. The molecule has 3 aliphatic rings. The lowest BCUT2D eigenvalue weighted by Crippen LogP contribution is -2.50. The molecule has 3 aromatic rings. The number of primary amides is 1. The Morgan fingerprint density at radius 2 is 1.74 bits per heavy atom. The number of imidazole rings is 1. The summed E-state index contributed by atoms with van der Waals surface area (Å²) in [6.45, 7) is 0.674. The molecule has 2 aliphatic heterocycles. The van der Waals surface area contributed by atoms with Crippen LogP contribution < -0.4 is 16.4 Å². The molecule has 0 radical (unpaired) electrons. The zero-order valence-electron chi connectivity index (χ0n) is 21.1. The molecular weight excluding hydrogens is 480 g/mol. The van der Waals surface area contributed by atoms with Gasteiger partial charge in [0.2, 0.25) is 11.8 Å². The second kappa shape index (κ2) is 9.96. The number of anilines is 1. The first kappa shape index (κ1) is 24.2. The Labute approximate surface area is 221 Å². The molecule has 0 bridgehead atoms. The van der Waals surface area contributed by atoms with Gasteiger partial charge in [-0.15, -0.1) is 0 Å². The maximum Gasteiger partial charge on any atom is 0.251 e. The molecule has 6 rings (SSSR count). The van der Waals surface area contributed by atoms with E-state index in [0.717, 1.165) is 49.2 Å². The molecule has 9 nitrogen and oxygen atoms in total. The number of fused-ring (bicyclic) bond motifs is 3. The van der Waals surface area contributed by atoms with E-state index in [4.69, 9.17) is 5.73 Å². The minimum atomic E-state index is -0.535. The number of nitrogens with one attached hydrogen (secondary N) is 3. The number of amides is 3. The van der Waals surface area contributed by atoms with E-state index in [-0.39, 0.29) is 41.8 Å². The third-order valence-electron chi connectivity index (χ3n) is 8.39. The molecule has 1 saturated carbocycles. The smallest absolute Gasteiger partial charge is 0.251 e. The fourth-order valence-electron chi connectivity index (χ4n) is 6.54. The summed E-state index contributed by atoms with van der Waals surface area (Å²) in [5.74, 6) is 0.138. The molecule has 1 saturated heterocycles. The van der Waals surface area contributed by atoms with Crippen LogP contribution in [-0.2, 0) is 4.79 Å². The number of rotatable bonds is 5. The largest absolute Gasteiger partial charge is 0.375 e. The number of benzene rings is 2. The molecule has 0 spiro atoms. The Bertz CT molecular complexity index is 1340. The molecule has 2 aromatic carbocycles. The molecule has 2 fully saturated rings. The van der Waals surface area contributed by atoms with Crippen molar-refractivity contribution in [1.82, 2.24) is 20.2 Å². The highest BCUT2D eigenvalue weighted by molar-refractivity contribution is 5.97. The molecule has 5 atom stereocenters. The van der Waals surface area contributed by atoms with Gasteiger partial charge in [-0.25, -0.2) is 4.98 Å².